The van der Waals surface area contributed by atoms with E-state index >= 15 is 0 Å². The van der Waals surface area contributed by atoms with Crippen LogP contribution in [0.2, 0.25) is 0 Å². The van der Waals surface area contributed by atoms with Gasteiger partial charge in [-0.25, -0.2) is 0 Å². The van der Waals surface area contributed by atoms with Gasteiger partial charge in [0, 0.05) is 24.5 Å². The number of aromatic nitrogens is 2. The molecule has 3 rings (SSSR count). The third kappa shape index (κ3) is 2.81. The van der Waals surface area contributed by atoms with Crippen molar-refractivity contribution in [3.8, 4) is 0 Å². The molecule has 23 heavy (non-hydrogen) atoms. The van der Waals surface area contributed by atoms with Crippen molar-refractivity contribution in [3.05, 3.63) is 41.6 Å². The van der Waals surface area contributed by atoms with Gasteiger partial charge in [0.1, 0.15) is 0 Å². The number of fused-ring (bicyclic) bond motifs is 1. The van der Waals surface area contributed by atoms with E-state index in [4.69, 9.17) is 0 Å². The molecule has 1 aromatic heterocycles. The maximum atomic E-state index is 12.7. The Morgan fingerprint density at radius 3 is 2.87 bits per heavy atom. The first kappa shape index (κ1) is 15.5. The Hall–Kier alpha value is -2.35. The van der Waals surface area contributed by atoms with Crippen molar-refractivity contribution in [1.29, 1.82) is 0 Å². The Morgan fingerprint density at radius 2 is 2.26 bits per heavy atom. The molecule has 0 unspecified atom stereocenters. The minimum Gasteiger partial charge on any atom is -0.349 e. The van der Waals surface area contributed by atoms with E-state index in [-0.39, 0.29) is 17.3 Å². The monoisotopic (exact) mass is 324 g/mol. The van der Waals surface area contributed by atoms with Gasteiger partial charge >= 0.3 is 6.18 Å². The van der Waals surface area contributed by atoms with Gasteiger partial charge < -0.3 is 5.32 Å². The highest BCUT2D eigenvalue weighted by Crippen LogP contribution is 2.31. The van der Waals surface area contributed by atoms with Crippen molar-refractivity contribution in [3.63, 3.8) is 0 Å². The van der Waals surface area contributed by atoms with Crippen LogP contribution in [0.3, 0.4) is 0 Å². The lowest BCUT2D eigenvalue weighted by Crippen LogP contribution is -2.53. The summed E-state index contributed by atoms with van der Waals surface area (Å²) in [6, 6.07) is 3.22. The zero-order chi connectivity index (χ0) is 16.8. The van der Waals surface area contributed by atoms with Crippen LogP contribution in [0, 0.1) is 0 Å². The number of nitrogens with one attached hydrogen (secondary N) is 2. The van der Waals surface area contributed by atoms with Gasteiger partial charge in [0.05, 0.1) is 11.1 Å². The Labute approximate surface area is 130 Å². The second-order valence-corrected chi connectivity index (χ2v) is 5.63. The normalized spacial score (nSPS) is 19.0. The molecule has 0 bridgehead atoms. The van der Waals surface area contributed by atoms with E-state index in [1.54, 1.807) is 0 Å². The summed E-state index contributed by atoms with van der Waals surface area (Å²) in [5.41, 5.74) is 0.513. The number of carbonyl (C=O) groups excluding carboxylic acids is 1. The quantitative estimate of drug-likeness (QED) is 0.851. The zero-order valence-electron chi connectivity index (χ0n) is 12.4. The number of carbonyl (C=O) groups is 1. The molecule has 1 fully saturated rings. The van der Waals surface area contributed by atoms with Crippen LogP contribution < -0.4 is 5.32 Å². The van der Waals surface area contributed by atoms with Crippen molar-refractivity contribution in [1.82, 2.24) is 20.4 Å². The molecule has 0 aliphatic carbocycles. The van der Waals surface area contributed by atoms with Crippen LogP contribution in [0.5, 0.6) is 0 Å². The number of rotatable bonds is 3. The molecule has 2 heterocycles. The highest BCUT2D eigenvalue weighted by molar-refractivity contribution is 6.04. The molecular weight excluding hydrogens is 309 g/mol. The maximum absolute atomic E-state index is 12.7. The molecular formula is C15H15F3N4O. The smallest absolute Gasteiger partial charge is 0.349 e. The fraction of sp³-hybridized carbons (Fsp3) is 0.333. The maximum Gasteiger partial charge on any atom is 0.416 e. The van der Waals surface area contributed by atoms with Gasteiger partial charge in [-0.2, -0.15) is 18.3 Å². The van der Waals surface area contributed by atoms with E-state index in [1.165, 1.54) is 6.07 Å². The average molecular weight is 324 g/mol. The van der Waals surface area contributed by atoms with Crippen molar-refractivity contribution in [2.24, 2.45) is 0 Å². The highest BCUT2D eigenvalue weighted by Gasteiger charge is 2.31. The van der Waals surface area contributed by atoms with Gasteiger partial charge in [0.2, 0.25) is 0 Å². The molecule has 1 atom stereocenters. The molecule has 0 saturated carbocycles. The van der Waals surface area contributed by atoms with Crippen LogP contribution in [0.25, 0.3) is 10.9 Å². The summed E-state index contributed by atoms with van der Waals surface area (Å²) in [7, 11) is 1.92. The molecule has 1 aliphatic heterocycles. The summed E-state index contributed by atoms with van der Waals surface area (Å²) in [6.45, 7) is 5.08. The van der Waals surface area contributed by atoms with E-state index < -0.39 is 17.6 Å². The number of hydrogen-bond donors (Lipinski definition) is 2. The van der Waals surface area contributed by atoms with E-state index in [2.05, 4.69) is 22.1 Å². The minimum atomic E-state index is -4.43. The summed E-state index contributed by atoms with van der Waals surface area (Å²) in [6.07, 6.45) is -4.43. The average Bonchev–Trinajstić information content (AvgIpc) is 2.89. The van der Waals surface area contributed by atoms with Gasteiger partial charge in [-0.3, -0.25) is 14.8 Å². The van der Waals surface area contributed by atoms with E-state index in [0.717, 1.165) is 24.3 Å². The molecule has 2 N–H and O–H groups in total. The molecule has 8 heteroatoms. The van der Waals surface area contributed by atoms with Crippen molar-refractivity contribution >= 4 is 16.8 Å². The number of alkyl halides is 3. The molecule has 5 nitrogen and oxygen atoms in total. The summed E-state index contributed by atoms with van der Waals surface area (Å²) in [5.74, 6) is -0.427. The molecule has 1 amide bonds. The van der Waals surface area contributed by atoms with E-state index in [1.807, 2.05) is 11.9 Å². The van der Waals surface area contributed by atoms with Crippen molar-refractivity contribution in [2.45, 2.75) is 12.2 Å². The predicted octanol–water partition coefficient (Wildman–Crippen LogP) is 2.18. The van der Waals surface area contributed by atoms with Crippen LogP contribution in [0.4, 0.5) is 13.2 Å². The lowest BCUT2D eigenvalue weighted by Gasteiger charge is -2.40. The number of halogens is 3. The molecule has 1 saturated heterocycles. The third-order valence-corrected chi connectivity index (χ3v) is 4.02. The number of nitrogens with zero attached hydrogens (tertiary/aromatic N) is 2. The zero-order valence-corrected chi connectivity index (χ0v) is 12.4. The SMILES string of the molecule is C=C1CN(C)[C@@H]1CNC(=O)c1n[nH]c2cc(C(F)(F)F)ccc12. The second-order valence-electron chi connectivity index (χ2n) is 5.63. The molecule has 0 radical (unpaired) electrons. The topological polar surface area (TPSA) is 61.0 Å². The molecule has 122 valence electrons. The first-order valence-corrected chi connectivity index (χ1v) is 6.99. The predicted molar refractivity (Wildman–Crippen MR) is 79.0 cm³/mol. The Bertz CT molecular complexity index is 781. The molecule has 2 aromatic rings. The van der Waals surface area contributed by atoms with Gasteiger partial charge in [-0.05, 0) is 30.8 Å². The summed E-state index contributed by atoms with van der Waals surface area (Å²) in [4.78, 5) is 14.2. The molecule has 0 spiro atoms. The largest absolute Gasteiger partial charge is 0.416 e. The van der Waals surface area contributed by atoms with E-state index in [0.29, 0.717) is 11.9 Å². The Kier molecular flexibility index (Phi) is 3.63. The number of aromatic amines is 1. The fourth-order valence-corrected chi connectivity index (χ4v) is 2.68. The fourth-order valence-electron chi connectivity index (χ4n) is 2.68. The first-order chi connectivity index (χ1) is 10.8. The number of likely N-dealkylation sites (N-methyl/N-ethyl adjacent to an activating group) is 1. The first-order valence-electron chi connectivity index (χ1n) is 6.99. The number of hydrogen-bond acceptors (Lipinski definition) is 3. The number of likely N-dealkylation sites (tertiary alicyclic amines) is 1. The van der Waals surface area contributed by atoms with Gasteiger partial charge in [0.15, 0.2) is 5.69 Å². The Morgan fingerprint density at radius 1 is 1.52 bits per heavy atom. The van der Waals surface area contributed by atoms with Crippen LogP contribution >= 0.6 is 0 Å². The van der Waals surface area contributed by atoms with Crippen molar-refractivity contribution in [2.75, 3.05) is 20.1 Å². The number of amides is 1. The molecule has 1 aliphatic rings. The van der Waals surface area contributed by atoms with Crippen LogP contribution in [-0.2, 0) is 6.18 Å². The van der Waals surface area contributed by atoms with E-state index in [9.17, 15) is 18.0 Å². The van der Waals surface area contributed by atoms with Gasteiger partial charge in [-0.1, -0.05) is 6.58 Å². The minimum absolute atomic E-state index is 0.0842. The third-order valence-electron chi connectivity index (χ3n) is 4.02. The lowest BCUT2D eigenvalue weighted by atomic mass is 9.98. The van der Waals surface area contributed by atoms with Crippen LogP contribution in [0.1, 0.15) is 16.1 Å². The lowest BCUT2D eigenvalue weighted by molar-refractivity contribution is -0.137. The number of H-pyrrole nitrogens is 1. The standard InChI is InChI=1S/C15H15F3N4O/c1-8-7-22(2)12(8)6-19-14(23)13-10-4-3-9(15(16,17)18)5-11(10)20-21-13/h3-5,12H,1,6-7H2,2H3,(H,19,23)(H,20,21)/t12-/m1/s1. The second kappa shape index (κ2) is 5.38. The van der Waals surface area contributed by atoms with Crippen molar-refractivity contribution < 1.29 is 18.0 Å². The summed E-state index contributed by atoms with van der Waals surface area (Å²) >= 11 is 0. The highest BCUT2D eigenvalue weighted by atomic mass is 19.4. The number of benzene rings is 1. The van der Waals surface area contributed by atoms with Gasteiger partial charge in [0.25, 0.3) is 5.91 Å². The summed E-state index contributed by atoms with van der Waals surface area (Å²) < 4.78 is 38.0. The van der Waals surface area contributed by atoms with Crippen LogP contribution in [-0.4, -0.2) is 47.2 Å². The summed E-state index contributed by atoms with van der Waals surface area (Å²) in [5, 5.41) is 9.41. The van der Waals surface area contributed by atoms with Crippen LogP contribution in [0.15, 0.2) is 30.4 Å². The van der Waals surface area contributed by atoms with Gasteiger partial charge in [-0.15, -0.1) is 0 Å². The molecule has 1 aromatic carbocycles. The Balaban J connectivity index is 1.77.